The van der Waals surface area contributed by atoms with Crippen LogP contribution in [0.5, 0.6) is 0 Å². The van der Waals surface area contributed by atoms with Crippen molar-refractivity contribution in [1.82, 2.24) is 8.96 Å². The average Bonchev–Trinajstić information content (AvgIpc) is 2.62. The van der Waals surface area contributed by atoms with Crippen molar-refractivity contribution in [3.8, 4) is 0 Å². The Labute approximate surface area is 97.5 Å². The van der Waals surface area contributed by atoms with Gasteiger partial charge < -0.3 is 0 Å². The number of benzene rings is 1. The van der Waals surface area contributed by atoms with Gasteiger partial charge in [-0.05, 0) is 42.6 Å². The first-order chi connectivity index (χ1) is 7.95. The summed E-state index contributed by atoms with van der Waals surface area (Å²) in [4.78, 5) is 6.27. The minimum atomic E-state index is -4.06. The molecule has 1 aromatic carbocycles. The molecule has 1 aromatic heterocycles. The second-order valence-electron chi connectivity index (χ2n) is 3.61. The molecule has 0 saturated carbocycles. The maximum atomic E-state index is 11.6. The predicted octanol–water partition coefficient (Wildman–Crippen LogP) is 2.06. The lowest BCUT2D eigenvalue weighted by atomic mass is 10.1. The van der Waals surface area contributed by atoms with E-state index >= 15 is 0 Å². The third kappa shape index (κ3) is 1.83. The van der Waals surface area contributed by atoms with Gasteiger partial charge in [0.15, 0.2) is 0 Å². The summed E-state index contributed by atoms with van der Waals surface area (Å²) in [6.07, 6.45) is 1.13. The van der Waals surface area contributed by atoms with Gasteiger partial charge >= 0.3 is 10.2 Å². The van der Waals surface area contributed by atoms with Crippen molar-refractivity contribution in [1.29, 1.82) is 0 Å². The molecule has 0 spiro atoms. The van der Waals surface area contributed by atoms with E-state index in [1.165, 1.54) is 0 Å². The second kappa shape index (κ2) is 3.76. The van der Waals surface area contributed by atoms with Gasteiger partial charge in [0.05, 0.1) is 15.6 Å². The maximum Gasteiger partial charge on any atom is 0.329 e. The third-order valence-corrected chi connectivity index (χ3v) is 3.59. The SMILES string of the molecule is Cc1cc2ncn(S(=O)(=O)N=[N+]=[N-])c2cc1C. The van der Waals surface area contributed by atoms with E-state index in [1.807, 2.05) is 13.8 Å². The summed E-state index contributed by atoms with van der Waals surface area (Å²) in [5.41, 5.74) is 11.1. The molecule has 0 atom stereocenters. The van der Waals surface area contributed by atoms with Gasteiger partial charge in [-0.1, -0.05) is 0 Å². The van der Waals surface area contributed by atoms with Gasteiger partial charge in [0, 0.05) is 4.91 Å². The first kappa shape index (κ1) is 11.4. The molecule has 88 valence electrons. The van der Waals surface area contributed by atoms with Gasteiger partial charge in [-0.3, -0.25) is 0 Å². The lowest BCUT2D eigenvalue weighted by molar-refractivity contribution is 0.590. The summed E-state index contributed by atoms with van der Waals surface area (Å²) in [5, 5.41) is 0. The molecule has 2 rings (SSSR count). The third-order valence-electron chi connectivity index (χ3n) is 2.52. The molecular formula is C9H9N5O2S. The Hall–Kier alpha value is -2.05. The van der Waals surface area contributed by atoms with Crippen LogP contribution in [-0.4, -0.2) is 17.4 Å². The Morgan fingerprint density at radius 1 is 1.35 bits per heavy atom. The summed E-state index contributed by atoms with van der Waals surface area (Å²) in [6.45, 7) is 3.78. The summed E-state index contributed by atoms with van der Waals surface area (Å²) in [7, 11) is -4.06. The monoisotopic (exact) mass is 251 g/mol. The van der Waals surface area contributed by atoms with Crippen molar-refractivity contribution in [3.63, 3.8) is 0 Å². The Bertz CT molecular complexity index is 740. The van der Waals surface area contributed by atoms with Gasteiger partial charge in [-0.25, -0.2) is 8.96 Å². The Balaban J connectivity index is 2.82. The van der Waals surface area contributed by atoms with Crippen molar-refractivity contribution >= 4 is 21.2 Å². The van der Waals surface area contributed by atoms with Gasteiger partial charge in [0.25, 0.3) is 0 Å². The molecule has 0 aliphatic rings. The zero-order chi connectivity index (χ0) is 12.6. The molecule has 0 amide bonds. The second-order valence-corrected chi connectivity index (χ2v) is 5.07. The van der Waals surface area contributed by atoms with Crippen LogP contribution in [-0.2, 0) is 10.2 Å². The van der Waals surface area contributed by atoms with Gasteiger partial charge in [0.2, 0.25) is 0 Å². The number of hydrogen-bond donors (Lipinski definition) is 0. The summed E-state index contributed by atoms with van der Waals surface area (Å²) in [6, 6.07) is 3.48. The van der Waals surface area contributed by atoms with Crippen LogP contribution in [0.25, 0.3) is 21.5 Å². The van der Waals surface area contributed by atoms with Crippen LogP contribution in [0, 0.1) is 13.8 Å². The summed E-state index contributed by atoms with van der Waals surface area (Å²) in [5.74, 6) is 0. The summed E-state index contributed by atoms with van der Waals surface area (Å²) < 4.78 is 26.9. The van der Waals surface area contributed by atoms with Gasteiger partial charge in [-0.2, -0.15) is 8.42 Å². The molecule has 2 aromatic rings. The van der Waals surface area contributed by atoms with E-state index in [4.69, 9.17) is 5.53 Å². The number of azide groups is 1. The number of imidazole rings is 1. The Morgan fingerprint density at radius 2 is 2.00 bits per heavy atom. The first-order valence-corrected chi connectivity index (χ1v) is 6.11. The standard InChI is InChI=1S/C9H9N5O2S/c1-6-3-8-9(4-7(6)2)14(5-11-8)17(15,16)13-12-10/h3-5H,1-2H3. The molecule has 7 nitrogen and oxygen atoms in total. The Morgan fingerprint density at radius 3 is 2.65 bits per heavy atom. The molecule has 0 aliphatic heterocycles. The molecule has 0 bridgehead atoms. The smallest absolute Gasteiger partial charge is 0.236 e. The quantitative estimate of drug-likeness (QED) is 0.463. The molecule has 0 N–H and O–H groups in total. The van der Waals surface area contributed by atoms with Crippen molar-refractivity contribution in [2.75, 3.05) is 0 Å². The minimum Gasteiger partial charge on any atom is -0.236 e. The summed E-state index contributed by atoms with van der Waals surface area (Å²) >= 11 is 0. The van der Waals surface area contributed by atoms with Gasteiger partial charge in [0.1, 0.15) is 6.33 Å². The fourth-order valence-corrected chi connectivity index (χ4v) is 2.24. The number of fused-ring (bicyclic) bond motifs is 1. The molecule has 0 fully saturated rings. The van der Waals surface area contributed by atoms with Crippen LogP contribution < -0.4 is 0 Å². The first-order valence-electron chi connectivity index (χ1n) is 4.72. The highest BCUT2D eigenvalue weighted by atomic mass is 32.2. The molecule has 0 saturated heterocycles. The molecule has 0 radical (unpaired) electrons. The maximum absolute atomic E-state index is 11.6. The van der Waals surface area contributed by atoms with E-state index in [9.17, 15) is 8.42 Å². The number of aryl methyl sites for hydroxylation is 2. The van der Waals surface area contributed by atoms with E-state index in [0.29, 0.717) is 11.0 Å². The van der Waals surface area contributed by atoms with E-state index in [2.05, 4.69) is 14.4 Å². The lowest BCUT2D eigenvalue weighted by Gasteiger charge is -2.02. The van der Waals surface area contributed by atoms with E-state index in [-0.39, 0.29) is 0 Å². The topological polar surface area (TPSA) is 101 Å². The van der Waals surface area contributed by atoms with Crippen LogP contribution in [0.2, 0.25) is 0 Å². The van der Waals surface area contributed by atoms with E-state index < -0.39 is 10.2 Å². The molecule has 0 aliphatic carbocycles. The molecule has 1 heterocycles. The Kier molecular flexibility index (Phi) is 2.53. The highest BCUT2D eigenvalue weighted by Crippen LogP contribution is 2.20. The lowest BCUT2D eigenvalue weighted by Crippen LogP contribution is -2.06. The number of aromatic nitrogens is 2. The van der Waals surface area contributed by atoms with Crippen LogP contribution in [0.4, 0.5) is 0 Å². The van der Waals surface area contributed by atoms with Gasteiger partial charge in [-0.15, -0.1) is 0 Å². The highest BCUT2D eigenvalue weighted by Gasteiger charge is 2.15. The molecular weight excluding hydrogens is 242 g/mol. The van der Waals surface area contributed by atoms with E-state index in [0.717, 1.165) is 21.4 Å². The van der Waals surface area contributed by atoms with Crippen LogP contribution in [0.15, 0.2) is 23.0 Å². The normalized spacial score (nSPS) is 11.4. The fourth-order valence-electron chi connectivity index (χ4n) is 1.51. The zero-order valence-corrected chi connectivity index (χ0v) is 10.0. The van der Waals surface area contributed by atoms with Crippen LogP contribution in [0.1, 0.15) is 11.1 Å². The van der Waals surface area contributed by atoms with Crippen LogP contribution in [0.3, 0.4) is 0 Å². The predicted molar refractivity (Wildman–Crippen MR) is 62.7 cm³/mol. The van der Waals surface area contributed by atoms with Crippen LogP contribution >= 0.6 is 0 Å². The molecule has 8 heteroatoms. The molecule has 0 unspecified atom stereocenters. The average molecular weight is 251 g/mol. The number of nitrogens with zero attached hydrogens (tertiary/aromatic N) is 5. The van der Waals surface area contributed by atoms with Crippen molar-refractivity contribution < 1.29 is 8.42 Å². The number of rotatable bonds is 2. The van der Waals surface area contributed by atoms with Crippen molar-refractivity contribution in [2.24, 2.45) is 4.52 Å². The molecule has 17 heavy (non-hydrogen) atoms. The highest BCUT2D eigenvalue weighted by molar-refractivity contribution is 7.88. The van der Waals surface area contributed by atoms with Crippen molar-refractivity contribution in [3.05, 3.63) is 40.0 Å². The largest absolute Gasteiger partial charge is 0.329 e. The zero-order valence-electron chi connectivity index (χ0n) is 9.19. The van der Waals surface area contributed by atoms with E-state index in [1.54, 1.807) is 12.1 Å². The minimum absolute atomic E-state index is 0.403. The van der Waals surface area contributed by atoms with Crippen molar-refractivity contribution in [2.45, 2.75) is 13.8 Å². The number of hydrogen-bond acceptors (Lipinski definition) is 3. The fraction of sp³-hybridized carbons (Fsp3) is 0.222.